The molecule has 3 N–H and O–H groups in total. The van der Waals surface area contributed by atoms with Gasteiger partial charge in [-0.1, -0.05) is 48.5 Å². The fourth-order valence-corrected chi connectivity index (χ4v) is 3.74. The first-order valence-electron chi connectivity index (χ1n) is 9.14. The summed E-state index contributed by atoms with van der Waals surface area (Å²) < 4.78 is 1.58. The van der Waals surface area contributed by atoms with Crippen LogP contribution in [0.2, 0.25) is 0 Å². The average molecular weight is 363 g/mol. The van der Waals surface area contributed by atoms with Gasteiger partial charge in [-0.15, -0.1) is 0 Å². The lowest BCUT2D eigenvalue weighted by molar-refractivity contribution is -0.941. The quantitative estimate of drug-likeness (QED) is 0.658. The molecule has 27 heavy (non-hydrogen) atoms. The number of hydrogen-bond donors (Lipinski definition) is 3. The molecule has 1 unspecified atom stereocenters. The van der Waals surface area contributed by atoms with Crippen molar-refractivity contribution < 1.29 is 4.90 Å². The van der Waals surface area contributed by atoms with Gasteiger partial charge < -0.3 is 10.2 Å². The summed E-state index contributed by atoms with van der Waals surface area (Å²) in [6.07, 6.45) is 0. The maximum absolute atomic E-state index is 12.6. The SMILES string of the molecule is Cc1ccccc1-n1c2c(c(=O)[nH]c1=O)C[NH+]([C@H](C)c1ccccc1)CN2. The lowest BCUT2D eigenvalue weighted by Gasteiger charge is -2.32. The van der Waals surface area contributed by atoms with Gasteiger partial charge in [0, 0.05) is 5.56 Å². The van der Waals surface area contributed by atoms with Crippen molar-refractivity contribution in [3.05, 3.63) is 92.1 Å². The summed E-state index contributed by atoms with van der Waals surface area (Å²) >= 11 is 0. The van der Waals surface area contributed by atoms with E-state index in [0.29, 0.717) is 24.6 Å². The maximum Gasteiger partial charge on any atom is 0.334 e. The van der Waals surface area contributed by atoms with Crippen molar-refractivity contribution >= 4 is 5.82 Å². The first-order chi connectivity index (χ1) is 13.1. The second-order valence-electron chi connectivity index (χ2n) is 7.03. The Kier molecular flexibility index (Phi) is 4.41. The number of benzene rings is 2. The van der Waals surface area contributed by atoms with Crippen molar-refractivity contribution in [2.45, 2.75) is 26.4 Å². The molecule has 0 fully saturated rings. The molecule has 138 valence electrons. The molecule has 2 atom stereocenters. The maximum atomic E-state index is 12.6. The predicted octanol–water partition coefficient (Wildman–Crippen LogP) is 1.36. The number of hydrogen-bond acceptors (Lipinski definition) is 3. The van der Waals surface area contributed by atoms with Gasteiger partial charge in [0.05, 0.1) is 5.69 Å². The van der Waals surface area contributed by atoms with Crippen LogP contribution in [0.15, 0.2) is 64.2 Å². The number of aryl methyl sites for hydroxylation is 1. The van der Waals surface area contributed by atoms with Crippen molar-refractivity contribution in [2.75, 3.05) is 12.0 Å². The molecule has 0 saturated heterocycles. The fraction of sp³-hybridized carbons (Fsp3) is 0.238. The Morgan fingerprint density at radius 1 is 1.04 bits per heavy atom. The molecule has 6 heteroatoms. The van der Waals surface area contributed by atoms with Crippen LogP contribution in [0.1, 0.15) is 29.7 Å². The van der Waals surface area contributed by atoms with Crippen molar-refractivity contribution in [3.8, 4) is 5.69 Å². The zero-order valence-corrected chi connectivity index (χ0v) is 15.5. The van der Waals surface area contributed by atoms with Crippen LogP contribution in [-0.2, 0) is 6.54 Å². The van der Waals surface area contributed by atoms with Gasteiger partial charge in [0.1, 0.15) is 24.0 Å². The second kappa shape index (κ2) is 6.89. The lowest BCUT2D eigenvalue weighted by Crippen LogP contribution is -3.12. The molecule has 0 spiro atoms. The Bertz CT molecular complexity index is 1090. The molecule has 0 bridgehead atoms. The second-order valence-corrected chi connectivity index (χ2v) is 7.03. The van der Waals surface area contributed by atoms with Crippen LogP contribution in [-0.4, -0.2) is 16.2 Å². The Morgan fingerprint density at radius 3 is 2.48 bits per heavy atom. The largest absolute Gasteiger partial charge is 0.334 e. The molecule has 1 aliphatic rings. The van der Waals surface area contributed by atoms with E-state index in [4.69, 9.17) is 0 Å². The third kappa shape index (κ3) is 3.08. The van der Waals surface area contributed by atoms with Crippen molar-refractivity contribution in [1.29, 1.82) is 0 Å². The van der Waals surface area contributed by atoms with Crippen molar-refractivity contribution in [3.63, 3.8) is 0 Å². The summed E-state index contributed by atoms with van der Waals surface area (Å²) in [5, 5.41) is 3.35. The minimum absolute atomic E-state index is 0.227. The van der Waals surface area contributed by atoms with Crippen LogP contribution >= 0.6 is 0 Å². The highest BCUT2D eigenvalue weighted by Gasteiger charge is 2.29. The van der Waals surface area contributed by atoms with Crippen LogP contribution in [0, 0.1) is 6.92 Å². The number of para-hydroxylation sites is 1. The van der Waals surface area contributed by atoms with E-state index in [9.17, 15) is 9.59 Å². The molecule has 2 aromatic carbocycles. The Balaban J connectivity index is 1.77. The molecule has 0 radical (unpaired) electrons. The number of fused-ring (bicyclic) bond motifs is 1. The van der Waals surface area contributed by atoms with E-state index < -0.39 is 5.69 Å². The molecule has 1 aromatic heterocycles. The number of nitrogens with zero attached hydrogens (tertiary/aromatic N) is 1. The number of quaternary nitrogens is 1. The van der Waals surface area contributed by atoms with Crippen molar-refractivity contribution in [1.82, 2.24) is 9.55 Å². The molecule has 3 aromatic rings. The zero-order chi connectivity index (χ0) is 19.0. The van der Waals surface area contributed by atoms with Gasteiger partial charge in [0.2, 0.25) is 0 Å². The van der Waals surface area contributed by atoms with Crippen LogP contribution in [0.25, 0.3) is 5.69 Å². The molecule has 0 saturated carbocycles. The summed E-state index contributed by atoms with van der Waals surface area (Å²) in [6, 6.07) is 18.2. The zero-order valence-electron chi connectivity index (χ0n) is 15.5. The van der Waals surface area contributed by atoms with Gasteiger partial charge in [0.15, 0.2) is 6.67 Å². The highest BCUT2D eigenvalue weighted by Crippen LogP contribution is 2.20. The normalized spacial score (nSPS) is 17.0. The number of nitrogens with one attached hydrogen (secondary N) is 3. The van der Waals surface area contributed by atoms with Crippen LogP contribution in [0.5, 0.6) is 0 Å². The smallest absolute Gasteiger partial charge is 0.324 e. The lowest BCUT2D eigenvalue weighted by atomic mass is 10.1. The van der Waals surface area contributed by atoms with Gasteiger partial charge in [-0.25, -0.2) is 9.36 Å². The first-order valence-corrected chi connectivity index (χ1v) is 9.14. The number of aromatic amines is 1. The summed E-state index contributed by atoms with van der Waals surface area (Å²) in [7, 11) is 0. The molecule has 0 amide bonds. The van der Waals surface area contributed by atoms with Gasteiger partial charge in [-0.3, -0.25) is 9.78 Å². The van der Waals surface area contributed by atoms with E-state index in [0.717, 1.165) is 11.3 Å². The molecular weight excluding hydrogens is 340 g/mol. The minimum atomic E-state index is -0.417. The Labute approximate surface area is 157 Å². The summed E-state index contributed by atoms with van der Waals surface area (Å²) in [6.45, 7) is 5.30. The highest BCUT2D eigenvalue weighted by molar-refractivity contribution is 5.53. The average Bonchev–Trinajstić information content (AvgIpc) is 2.69. The predicted molar refractivity (Wildman–Crippen MR) is 105 cm³/mol. The van der Waals surface area contributed by atoms with E-state index in [1.54, 1.807) is 4.57 Å². The Morgan fingerprint density at radius 2 is 1.74 bits per heavy atom. The molecule has 2 heterocycles. The minimum Gasteiger partial charge on any atom is -0.324 e. The first kappa shape index (κ1) is 17.3. The Hall–Kier alpha value is -3.12. The molecule has 1 aliphatic heterocycles. The monoisotopic (exact) mass is 363 g/mol. The van der Waals surface area contributed by atoms with Crippen LogP contribution < -0.4 is 21.5 Å². The molecule has 4 rings (SSSR count). The van der Waals surface area contributed by atoms with E-state index in [1.165, 1.54) is 10.5 Å². The van der Waals surface area contributed by atoms with E-state index in [2.05, 4.69) is 29.4 Å². The molecule has 0 aliphatic carbocycles. The topological polar surface area (TPSA) is 71.3 Å². The number of rotatable bonds is 3. The van der Waals surface area contributed by atoms with Gasteiger partial charge in [-0.2, -0.15) is 0 Å². The number of H-pyrrole nitrogens is 1. The van der Waals surface area contributed by atoms with Crippen LogP contribution in [0.4, 0.5) is 5.82 Å². The standard InChI is InChI=1S/C21H22N4O2/c1-14-8-6-7-11-18(14)25-19-17(20(26)23-21(25)27)12-24(13-22-19)15(2)16-9-4-3-5-10-16/h3-11,15,22H,12-13H2,1-2H3,(H,23,26,27)/p+1/t15-/m1/s1. The fourth-order valence-electron chi connectivity index (χ4n) is 3.74. The van der Waals surface area contributed by atoms with Crippen LogP contribution in [0.3, 0.4) is 0 Å². The van der Waals surface area contributed by atoms with E-state index in [1.807, 2.05) is 49.4 Å². The molecule has 6 nitrogen and oxygen atoms in total. The van der Waals surface area contributed by atoms with Gasteiger partial charge in [0.25, 0.3) is 5.56 Å². The van der Waals surface area contributed by atoms with E-state index in [-0.39, 0.29) is 11.6 Å². The summed E-state index contributed by atoms with van der Waals surface area (Å²) in [5.41, 5.74) is 2.86. The van der Waals surface area contributed by atoms with Gasteiger partial charge >= 0.3 is 5.69 Å². The van der Waals surface area contributed by atoms with Gasteiger partial charge in [-0.05, 0) is 25.5 Å². The third-order valence-electron chi connectivity index (χ3n) is 5.36. The summed E-state index contributed by atoms with van der Waals surface area (Å²) in [4.78, 5) is 28.8. The number of anilines is 1. The van der Waals surface area contributed by atoms with E-state index >= 15 is 0 Å². The summed E-state index contributed by atoms with van der Waals surface area (Å²) in [5.74, 6) is 0.599. The molecular formula is C21H23N4O2+. The highest BCUT2D eigenvalue weighted by atomic mass is 16.2. The third-order valence-corrected chi connectivity index (χ3v) is 5.36. The number of aromatic nitrogens is 2. The van der Waals surface area contributed by atoms with Crippen molar-refractivity contribution in [2.24, 2.45) is 0 Å².